The van der Waals surface area contributed by atoms with Gasteiger partial charge in [0.1, 0.15) is 6.07 Å². The summed E-state index contributed by atoms with van der Waals surface area (Å²) in [6.07, 6.45) is 3.18. The predicted octanol–water partition coefficient (Wildman–Crippen LogP) is 5.06. The first-order valence-corrected chi connectivity index (χ1v) is 8.68. The average molecular weight is 346 g/mol. The largest absolute Gasteiger partial charge is 0.463 e. The van der Waals surface area contributed by atoms with Crippen LogP contribution in [-0.4, -0.2) is 17.6 Å². The number of fused-ring (bicyclic) bond motifs is 1. The SMILES string of the molecule is CC.CCOC(=O)/C=C(/c1ccccc1)c1ccc2[nH]cc(C#N)c2c1. The van der Waals surface area contributed by atoms with Crippen molar-refractivity contribution >= 4 is 22.4 Å². The molecule has 3 rings (SSSR count). The fourth-order valence-electron chi connectivity index (χ4n) is 2.63. The van der Waals surface area contributed by atoms with Gasteiger partial charge in [-0.3, -0.25) is 0 Å². The first kappa shape index (κ1) is 19.0. The molecule has 0 aliphatic rings. The number of carbonyl (C=O) groups is 1. The van der Waals surface area contributed by atoms with Crippen LogP contribution in [0.25, 0.3) is 16.5 Å². The van der Waals surface area contributed by atoms with Gasteiger partial charge in [-0.15, -0.1) is 0 Å². The number of nitriles is 1. The predicted molar refractivity (Wildman–Crippen MR) is 105 cm³/mol. The Hall–Kier alpha value is -3.32. The number of hydrogen-bond acceptors (Lipinski definition) is 3. The molecule has 0 spiro atoms. The number of nitrogens with one attached hydrogen (secondary N) is 1. The Morgan fingerprint density at radius 1 is 1.15 bits per heavy atom. The summed E-state index contributed by atoms with van der Waals surface area (Å²) < 4.78 is 5.06. The van der Waals surface area contributed by atoms with E-state index in [4.69, 9.17) is 4.74 Å². The van der Waals surface area contributed by atoms with Gasteiger partial charge >= 0.3 is 5.97 Å². The Morgan fingerprint density at radius 2 is 1.88 bits per heavy atom. The van der Waals surface area contributed by atoms with E-state index >= 15 is 0 Å². The Labute approximate surface area is 153 Å². The molecule has 4 nitrogen and oxygen atoms in total. The molecule has 0 saturated heterocycles. The molecule has 1 heterocycles. The molecule has 0 radical (unpaired) electrons. The van der Waals surface area contributed by atoms with Crippen LogP contribution < -0.4 is 0 Å². The van der Waals surface area contributed by atoms with Gasteiger partial charge in [0.15, 0.2) is 0 Å². The van der Waals surface area contributed by atoms with Crippen molar-refractivity contribution in [3.63, 3.8) is 0 Å². The topological polar surface area (TPSA) is 65.9 Å². The normalized spacial score (nSPS) is 10.6. The van der Waals surface area contributed by atoms with E-state index in [1.807, 2.05) is 62.4 Å². The van der Waals surface area contributed by atoms with Crippen molar-refractivity contribution in [3.8, 4) is 6.07 Å². The van der Waals surface area contributed by atoms with Gasteiger partial charge in [-0.05, 0) is 35.8 Å². The minimum atomic E-state index is -0.383. The van der Waals surface area contributed by atoms with Crippen molar-refractivity contribution < 1.29 is 9.53 Å². The van der Waals surface area contributed by atoms with E-state index in [0.29, 0.717) is 12.2 Å². The molecular formula is C22H22N2O2. The number of hydrogen-bond donors (Lipinski definition) is 1. The highest BCUT2D eigenvalue weighted by Crippen LogP contribution is 2.28. The van der Waals surface area contributed by atoms with Crippen molar-refractivity contribution in [2.75, 3.05) is 6.61 Å². The molecule has 0 aliphatic carbocycles. The Morgan fingerprint density at radius 3 is 2.54 bits per heavy atom. The Bertz CT molecular complexity index is 947. The lowest BCUT2D eigenvalue weighted by Crippen LogP contribution is -2.01. The van der Waals surface area contributed by atoms with Gasteiger partial charge in [0.25, 0.3) is 0 Å². The van der Waals surface area contributed by atoms with Gasteiger partial charge in [-0.25, -0.2) is 4.79 Å². The van der Waals surface area contributed by atoms with E-state index in [1.165, 1.54) is 6.08 Å². The molecule has 3 aromatic rings. The fraction of sp³-hybridized carbons (Fsp3) is 0.182. The Balaban J connectivity index is 0.00000117. The lowest BCUT2D eigenvalue weighted by Gasteiger charge is -2.09. The van der Waals surface area contributed by atoms with Gasteiger partial charge in [0, 0.05) is 23.2 Å². The second kappa shape index (κ2) is 9.24. The molecule has 0 fully saturated rings. The zero-order chi connectivity index (χ0) is 18.9. The van der Waals surface area contributed by atoms with Crippen LogP contribution in [0.4, 0.5) is 0 Å². The zero-order valence-electron chi connectivity index (χ0n) is 15.2. The average Bonchev–Trinajstić information content (AvgIpc) is 3.11. The maximum Gasteiger partial charge on any atom is 0.331 e. The second-order valence-corrected chi connectivity index (χ2v) is 5.25. The molecule has 4 heteroatoms. The minimum Gasteiger partial charge on any atom is -0.463 e. The van der Waals surface area contributed by atoms with Crippen LogP contribution in [0.3, 0.4) is 0 Å². The van der Waals surface area contributed by atoms with E-state index in [1.54, 1.807) is 13.1 Å². The highest BCUT2D eigenvalue weighted by Gasteiger charge is 2.11. The van der Waals surface area contributed by atoms with Crippen molar-refractivity contribution in [3.05, 3.63) is 77.5 Å². The van der Waals surface area contributed by atoms with E-state index in [2.05, 4.69) is 11.1 Å². The molecule has 1 aromatic heterocycles. The van der Waals surface area contributed by atoms with Crippen LogP contribution in [0.5, 0.6) is 0 Å². The summed E-state index contributed by atoms with van der Waals surface area (Å²) in [5.74, 6) is -0.383. The van der Waals surface area contributed by atoms with Crippen molar-refractivity contribution in [1.29, 1.82) is 5.26 Å². The monoisotopic (exact) mass is 346 g/mol. The number of carbonyl (C=O) groups excluding carboxylic acids is 1. The third kappa shape index (κ3) is 4.20. The Kier molecular flexibility index (Phi) is 6.75. The first-order valence-electron chi connectivity index (χ1n) is 8.68. The number of nitrogens with zero attached hydrogens (tertiary/aromatic N) is 1. The summed E-state index contributed by atoms with van der Waals surface area (Å²) in [5, 5.41) is 10.1. The molecule has 0 bridgehead atoms. The van der Waals surface area contributed by atoms with Crippen LogP contribution in [0.1, 0.15) is 37.5 Å². The van der Waals surface area contributed by atoms with Gasteiger partial charge < -0.3 is 9.72 Å². The lowest BCUT2D eigenvalue weighted by atomic mass is 9.96. The van der Waals surface area contributed by atoms with Gasteiger partial charge in [0.2, 0.25) is 0 Å². The lowest BCUT2D eigenvalue weighted by molar-refractivity contribution is -0.137. The molecular weight excluding hydrogens is 324 g/mol. The van der Waals surface area contributed by atoms with E-state index in [9.17, 15) is 10.1 Å². The number of esters is 1. The molecule has 132 valence electrons. The summed E-state index contributed by atoms with van der Waals surface area (Å²) in [5.41, 5.74) is 4.01. The van der Waals surface area contributed by atoms with Crippen molar-refractivity contribution in [2.45, 2.75) is 20.8 Å². The zero-order valence-corrected chi connectivity index (χ0v) is 15.2. The van der Waals surface area contributed by atoms with E-state index < -0.39 is 0 Å². The third-order valence-corrected chi connectivity index (χ3v) is 3.75. The van der Waals surface area contributed by atoms with Crippen LogP contribution in [0.2, 0.25) is 0 Å². The summed E-state index contributed by atoms with van der Waals surface area (Å²) in [6.45, 7) is 6.10. The molecule has 0 unspecified atom stereocenters. The second-order valence-electron chi connectivity index (χ2n) is 5.25. The van der Waals surface area contributed by atoms with Crippen LogP contribution in [0, 0.1) is 11.3 Å². The third-order valence-electron chi connectivity index (χ3n) is 3.75. The number of aromatic nitrogens is 1. The molecule has 0 saturated carbocycles. The van der Waals surface area contributed by atoms with Crippen LogP contribution in [-0.2, 0) is 9.53 Å². The molecule has 0 amide bonds. The maximum atomic E-state index is 12.0. The number of benzene rings is 2. The van der Waals surface area contributed by atoms with Gasteiger partial charge in [-0.1, -0.05) is 50.2 Å². The number of H-pyrrole nitrogens is 1. The van der Waals surface area contributed by atoms with Gasteiger partial charge in [0.05, 0.1) is 12.2 Å². The smallest absolute Gasteiger partial charge is 0.331 e. The number of ether oxygens (including phenoxy) is 1. The summed E-state index contributed by atoms with van der Waals surface area (Å²) in [4.78, 5) is 15.1. The summed E-state index contributed by atoms with van der Waals surface area (Å²) in [6, 6.07) is 17.6. The van der Waals surface area contributed by atoms with Crippen molar-refractivity contribution in [1.82, 2.24) is 4.98 Å². The van der Waals surface area contributed by atoms with E-state index in [-0.39, 0.29) is 5.97 Å². The standard InChI is InChI=1S/C20H16N2O2.C2H6/c1-2-24-20(23)11-17(14-6-4-3-5-7-14)15-8-9-19-18(10-15)16(12-21)13-22-19;1-2/h3-11,13,22H,2H2,1H3;1-2H3/b17-11-;. The summed E-state index contributed by atoms with van der Waals surface area (Å²) >= 11 is 0. The van der Waals surface area contributed by atoms with Crippen LogP contribution in [0.15, 0.2) is 60.8 Å². The van der Waals surface area contributed by atoms with Gasteiger partial charge in [-0.2, -0.15) is 5.26 Å². The quantitative estimate of drug-likeness (QED) is 0.530. The molecule has 1 N–H and O–H groups in total. The molecule has 2 aromatic carbocycles. The summed E-state index contributed by atoms with van der Waals surface area (Å²) in [7, 11) is 0. The molecule has 0 aliphatic heterocycles. The first-order chi connectivity index (χ1) is 12.7. The maximum absolute atomic E-state index is 12.0. The number of rotatable bonds is 4. The van der Waals surface area contributed by atoms with E-state index in [0.717, 1.165) is 27.6 Å². The molecule has 0 atom stereocenters. The number of aromatic amines is 1. The fourth-order valence-corrected chi connectivity index (χ4v) is 2.63. The minimum absolute atomic E-state index is 0.326. The highest BCUT2D eigenvalue weighted by molar-refractivity contribution is 5.98. The van der Waals surface area contributed by atoms with Crippen molar-refractivity contribution in [2.24, 2.45) is 0 Å². The molecule has 26 heavy (non-hydrogen) atoms. The van der Waals surface area contributed by atoms with Crippen LogP contribution >= 0.6 is 0 Å². The highest BCUT2D eigenvalue weighted by atomic mass is 16.5.